The summed E-state index contributed by atoms with van der Waals surface area (Å²) in [6, 6.07) is 18.6. The number of urea groups is 1. The van der Waals surface area contributed by atoms with Crippen LogP contribution in [0.2, 0.25) is 0 Å². The number of carbonyl (C=O) groups is 3. The molecular weight excluding hydrogens is 757 g/mol. The van der Waals surface area contributed by atoms with Gasteiger partial charge in [0, 0.05) is 31.8 Å². The van der Waals surface area contributed by atoms with Gasteiger partial charge in [-0.25, -0.2) is 40.4 Å². The number of nitrogens with zero attached hydrogens (tertiary/aromatic N) is 2. The molecule has 6 rings (SSSR count). The number of rotatable bonds is 8. The van der Waals surface area contributed by atoms with E-state index in [9.17, 15) is 40.4 Å². The van der Waals surface area contributed by atoms with Crippen LogP contribution in [0.25, 0.3) is 0 Å². The Kier molecular flexibility index (Phi) is 16.2. The second-order valence-electron chi connectivity index (χ2n) is 12.8. The van der Waals surface area contributed by atoms with Crippen molar-refractivity contribution < 1.29 is 49.8 Å². The number of piperidine rings is 1. The minimum absolute atomic E-state index is 0.0121. The molecule has 2 aliphatic rings. The van der Waals surface area contributed by atoms with Gasteiger partial charge in [0.25, 0.3) is 0 Å². The molecule has 0 spiro atoms. The number of sulfone groups is 1. The molecule has 0 atom stereocenters. The van der Waals surface area contributed by atoms with Crippen molar-refractivity contribution in [3.05, 3.63) is 130 Å². The van der Waals surface area contributed by atoms with Gasteiger partial charge in [-0.3, -0.25) is 4.90 Å². The van der Waals surface area contributed by atoms with E-state index < -0.39 is 51.1 Å². The largest absolute Gasteiger partial charge is 0.465 e. The van der Waals surface area contributed by atoms with E-state index >= 15 is 0 Å². The van der Waals surface area contributed by atoms with Gasteiger partial charge in [-0.15, -0.1) is 0 Å². The van der Waals surface area contributed by atoms with Crippen LogP contribution in [0.4, 0.5) is 33.7 Å². The quantitative estimate of drug-likeness (QED) is 0.147. The molecule has 0 bridgehead atoms. The molecule has 2 N–H and O–H groups in total. The Balaban J connectivity index is 0.000000228. The van der Waals surface area contributed by atoms with E-state index in [1.54, 1.807) is 36.4 Å². The summed E-state index contributed by atoms with van der Waals surface area (Å²) in [5.74, 6) is -4.23. The second kappa shape index (κ2) is 21.0. The zero-order chi connectivity index (χ0) is 40.7. The number of methoxy groups -OCH3 is 2. The van der Waals surface area contributed by atoms with E-state index in [2.05, 4.69) is 20.1 Å². The minimum Gasteiger partial charge on any atom is -0.465 e. The third-order valence-electron chi connectivity index (χ3n) is 8.76. The summed E-state index contributed by atoms with van der Waals surface area (Å²) in [7, 11) is -0.636. The Bertz CT molecular complexity index is 2020. The Hall–Kier alpha value is -5.48. The number of benzene rings is 4. The molecule has 2 heterocycles. The molecule has 16 heteroatoms. The molecule has 2 amide bonds. The fourth-order valence-electron chi connectivity index (χ4n) is 5.59. The first kappa shape index (κ1) is 43.3. The van der Waals surface area contributed by atoms with E-state index in [1.165, 1.54) is 75.7 Å². The highest BCUT2D eigenvalue weighted by atomic mass is 32.2. The fraction of sp³-hybridized carbons (Fsp3) is 0.325. The number of halogens is 4. The molecule has 4 aromatic carbocycles. The zero-order valence-corrected chi connectivity index (χ0v) is 31.8. The molecule has 0 unspecified atom stereocenters. The van der Waals surface area contributed by atoms with Crippen LogP contribution >= 0.6 is 0 Å². The van der Waals surface area contributed by atoms with Crippen LogP contribution in [-0.2, 0) is 32.4 Å². The Labute approximate surface area is 323 Å². The molecule has 0 aromatic heterocycles. The van der Waals surface area contributed by atoms with Crippen molar-refractivity contribution in [2.24, 2.45) is 0 Å². The number of hydrogen-bond donors (Lipinski definition) is 2. The van der Waals surface area contributed by atoms with Crippen LogP contribution in [-0.4, -0.2) is 83.2 Å². The van der Waals surface area contributed by atoms with Crippen LogP contribution < -0.4 is 15.5 Å². The molecule has 11 nitrogen and oxygen atoms in total. The van der Waals surface area contributed by atoms with Crippen LogP contribution in [0.3, 0.4) is 0 Å². The average molecular weight is 801 g/mol. The second-order valence-corrected chi connectivity index (χ2v) is 15.1. The van der Waals surface area contributed by atoms with Gasteiger partial charge in [0.15, 0.2) is 9.84 Å². The number of carbonyl (C=O) groups excluding carboxylic acids is 3. The summed E-state index contributed by atoms with van der Waals surface area (Å²) >= 11 is 0. The maximum Gasteiger partial charge on any atom is 0.337 e. The van der Waals surface area contributed by atoms with Crippen molar-refractivity contribution >= 4 is 39.2 Å². The van der Waals surface area contributed by atoms with Crippen LogP contribution in [0.5, 0.6) is 0 Å². The number of amides is 2. The minimum atomic E-state index is -3.21. The number of esters is 2. The molecule has 300 valence electrons. The van der Waals surface area contributed by atoms with Crippen molar-refractivity contribution in [1.29, 1.82) is 0 Å². The average Bonchev–Trinajstić information content (AvgIpc) is 3.20. The summed E-state index contributed by atoms with van der Waals surface area (Å²) < 4.78 is 86.5. The van der Waals surface area contributed by atoms with Gasteiger partial charge in [-0.05, 0) is 85.6 Å². The Morgan fingerprint density at radius 3 is 1.70 bits per heavy atom. The number of ether oxygens (including phenoxy) is 2. The summed E-state index contributed by atoms with van der Waals surface area (Å²) in [5.41, 5.74) is 2.30. The highest BCUT2D eigenvalue weighted by Gasteiger charge is 2.30. The Morgan fingerprint density at radius 2 is 1.23 bits per heavy atom. The van der Waals surface area contributed by atoms with E-state index in [0.717, 1.165) is 28.7 Å². The summed E-state index contributed by atoms with van der Waals surface area (Å²) in [4.78, 5) is 38.4. The van der Waals surface area contributed by atoms with Gasteiger partial charge in [0.1, 0.15) is 23.3 Å². The molecule has 0 saturated carbocycles. The third kappa shape index (κ3) is 13.1. The first-order valence-electron chi connectivity index (χ1n) is 17.8. The summed E-state index contributed by atoms with van der Waals surface area (Å²) in [5, 5.41) is 6.15. The van der Waals surface area contributed by atoms with E-state index in [4.69, 9.17) is 0 Å². The third-order valence-corrected chi connectivity index (χ3v) is 10.4. The SMILES string of the molecule is C1CCNCC1.COC(=O)c1ccc(CN(C(=O)N2CCS(=O)(=O)CC2)c2ccc(F)cc2F)cc1.COC(=O)c1ccc(CNc2ccc(F)cc2F)cc1. The van der Waals surface area contributed by atoms with Crippen LogP contribution in [0.15, 0.2) is 84.9 Å². The van der Waals surface area contributed by atoms with Gasteiger partial charge in [-0.2, -0.15) is 0 Å². The first-order chi connectivity index (χ1) is 26.8. The molecule has 0 radical (unpaired) electrons. The van der Waals surface area contributed by atoms with Gasteiger partial charge >= 0.3 is 18.0 Å². The van der Waals surface area contributed by atoms with Crippen LogP contribution in [0.1, 0.15) is 51.1 Å². The maximum absolute atomic E-state index is 14.5. The molecule has 4 aromatic rings. The number of anilines is 2. The van der Waals surface area contributed by atoms with Gasteiger partial charge in [0.05, 0.1) is 54.8 Å². The van der Waals surface area contributed by atoms with Gasteiger partial charge in [-0.1, -0.05) is 30.7 Å². The van der Waals surface area contributed by atoms with Crippen molar-refractivity contribution in [1.82, 2.24) is 10.2 Å². The smallest absolute Gasteiger partial charge is 0.337 e. The topological polar surface area (TPSA) is 134 Å². The van der Waals surface area contributed by atoms with Crippen molar-refractivity contribution in [2.45, 2.75) is 32.4 Å². The number of hydrogen-bond acceptors (Lipinski definition) is 9. The van der Waals surface area contributed by atoms with Gasteiger partial charge < -0.3 is 25.0 Å². The number of nitrogens with one attached hydrogen (secondary N) is 2. The van der Waals surface area contributed by atoms with Crippen molar-refractivity contribution in [3.8, 4) is 0 Å². The lowest BCUT2D eigenvalue weighted by molar-refractivity contribution is 0.0592. The lowest BCUT2D eigenvalue weighted by Gasteiger charge is -2.33. The van der Waals surface area contributed by atoms with Crippen molar-refractivity contribution in [3.63, 3.8) is 0 Å². The molecular formula is C40H44F4N4O7S. The molecule has 0 aliphatic carbocycles. The standard InChI is InChI=1S/C20H20F2N2O5S.C15H13F2NO2.C5H11N/c1-29-19(25)15-4-2-14(3-5-15)13-24(18-7-6-16(21)12-17(18)22)20(26)23-8-10-30(27,28)11-9-23;1-20-15(19)11-4-2-10(3-5-11)9-18-14-7-6-12(16)8-13(14)17;1-2-4-6-5-3-1/h2-7,12H,8-11,13H2,1H3;2-8,18H,9H2,1H3;6H,1-5H2. The lowest BCUT2D eigenvalue weighted by atomic mass is 10.1. The molecule has 2 aliphatic heterocycles. The molecule has 2 saturated heterocycles. The maximum atomic E-state index is 14.5. The Morgan fingerprint density at radius 1 is 0.714 bits per heavy atom. The van der Waals surface area contributed by atoms with E-state index in [-0.39, 0.29) is 42.5 Å². The fourth-order valence-corrected chi connectivity index (χ4v) is 6.79. The monoisotopic (exact) mass is 800 g/mol. The lowest BCUT2D eigenvalue weighted by Crippen LogP contribution is -2.50. The van der Waals surface area contributed by atoms with Crippen molar-refractivity contribution in [2.75, 3.05) is 62.1 Å². The predicted molar refractivity (Wildman–Crippen MR) is 204 cm³/mol. The predicted octanol–water partition coefficient (Wildman–Crippen LogP) is 6.73. The van der Waals surface area contributed by atoms with E-state index in [1.807, 2.05) is 0 Å². The molecule has 56 heavy (non-hydrogen) atoms. The highest BCUT2D eigenvalue weighted by Crippen LogP contribution is 2.25. The normalized spacial score (nSPS) is 14.5. The van der Waals surface area contributed by atoms with Crippen LogP contribution in [0, 0.1) is 23.3 Å². The summed E-state index contributed by atoms with van der Waals surface area (Å²) in [6.45, 7) is 2.78. The summed E-state index contributed by atoms with van der Waals surface area (Å²) in [6.07, 6.45) is 4.22. The highest BCUT2D eigenvalue weighted by molar-refractivity contribution is 7.91. The van der Waals surface area contributed by atoms with E-state index in [0.29, 0.717) is 29.3 Å². The first-order valence-corrected chi connectivity index (χ1v) is 19.6. The zero-order valence-electron chi connectivity index (χ0n) is 31.0. The molecule has 2 fully saturated rings. The van der Waals surface area contributed by atoms with Gasteiger partial charge in [0.2, 0.25) is 0 Å².